The van der Waals surface area contributed by atoms with Crippen molar-refractivity contribution in [3.63, 3.8) is 0 Å². The van der Waals surface area contributed by atoms with Gasteiger partial charge in [0.15, 0.2) is 28.7 Å². The first kappa shape index (κ1) is 28.4. The van der Waals surface area contributed by atoms with Crippen LogP contribution in [0.4, 0.5) is 5.69 Å². The Balaban J connectivity index is 1.47. The van der Waals surface area contributed by atoms with Crippen molar-refractivity contribution in [2.24, 2.45) is 10.2 Å². The predicted octanol–water partition coefficient (Wildman–Crippen LogP) is 6.64. The molecule has 1 atom stereocenters. The molecule has 41 heavy (non-hydrogen) atoms. The Hall–Kier alpha value is -4.09. The Morgan fingerprint density at radius 1 is 0.951 bits per heavy atom. The molecule has 0 fully saturated rings. The highest BCUT2D eigenvalue weighted by molar-refractivity contribution is 9.10. The van der Waals surface area contributed by atoms with Crippen LogP contribution in [0.2, 0.25) is 0 Å². The summed E-state index contributed by atoms with van der Waals surface area (Å²) in [5.74, 6) is 1.65. The monoisotopic (exact) mass is 622 g/mol. The Kier molecular flexibility index (Phi) is 8.18. The van der Waals surface area contributed by atoms with Gasteiger partial charge in [0, 0.05) is 28.0 Å². The van der Waals surface area contributed by atoms with Gasteiger partial charge in [-0.3, -0.25) is 14.3 Å². The highest BCUT2D eigenvalue weighted by Gasteiger charge is 2.28. The van der Waals surface area contributed by atoms with E-state index in [0.29, 0.717) is 35.1 Å². The van der Waals surface area contributed by atoms with Gasteiger partial charge in [0.2, 0.25) is 5.88 Å². The lowest BCUT2D eigenvalue weighted by Crippen LogP contribution is -2.35. The van der Waals surface area contributed by atoms with Crippen LogP contribution in [0.25, 0.3) is 10.9 Å². The second kappa shape index (κ2) is 11.8. The lowest BCUT2D eigenvalue weighted by atomic mass is 9.93. The molecule has 1 aliphatic rings. The molecule has 0 saturated heterocycles. The van der Waals surface area contributed by atoms with Crippen molar-refractivity contribution in [1.82, 2.24) is 9.47 Å². The minimum absolute atomic E-state index is 0.0440. The highest BCUT2D eigenvalue weighted by Crippen LogP contribution is 2.43. The molecule has 2 heterocycles. The number of rotatable bonds is 8. The molecular formula is C30H31BrN4O6. The van der Waals surface area contributed by atoms with E-state index < -0.39 is 5.91 Å². The van der Waals surface area contributed by atoms with E-state index in [2.05, 4.69) is 38.0 Å². The van der Waals surface area contributed by atoms with E-state index in [9.17, 15) is 9.90 Å². The summed E-state index contributed by atoms with van der Waals surface area (Å²) in [7, 11) is 6.28. The maximum Gasteiger partial charge on any atom is 0.295 e. The van der Waals surface area contributed by atoms with Gasteiger partial charge in [-0.15, -0.1) is 10.2 Å². The molecule has 3 aromatic carbocycles. The molecule has 1 N–H and O–H groups in total. The summed E-state index contributed by atoms with van der Waals surface area (Å²) < 4.78 is 24.2. The zero-order valence-corrected chi connectivity index (χ0v) is 25.1. The first-order chi connectivity index (χ1) is 19.8. The first-order valence-electron chi connectivity index (χ1n) is 13.0. The van der Waals surface area contributed by atoms with Crippen LogP contribution in [0.1, 0.15) is 34.5 Å². The number of hydrogen-bond donors (Lipinski definition) is 1. The standard InChI is InChI=1S/C30H31BrN4O6/c1-17-21-15-27(41-5)26(40-4)12-18(21)10-11-34(17)16-35-23-8-7-20(31)14-22(23)28(30(35)37)32-33-29(36)19-6-9-24(38-2)25(13-19)39-3/h6-9,12-15,17,37H,10-11,16H2,1-5H3/t17-/m0/s1. The number of fused-ring (bicyclic) bond motifs is 2. The summed E-state index contributed by atoms with van der Waals surface area (Å²) in [6.07, 6.45) is 0.817. The van der Waals surface area contributed by atoms with E-state index in [4.69, 9.17) is 18.9 Å². The van der Waals surface area contributed by atoms with Crippen LogP contribution in [-0.2, 0) is 13.1 Å². The van der Waals surface area contributed by atoms with Crippen LogP contribution in [0.5, 0.6) is 28.9 Å². The van der Waals surface area contributed by atoms with Crippen LogP contribution in [-0.4, -0.2) is 55.5 Å². The van der Waals surface area contributed by atoms with Crippen LogP contribution in [0.3, 0.4) is 0 Å². The summed E-state index contributed by atoms with van der Waals surface area (Å²) in [6, 6.07) is 14.5. The molecule has 0 radical (unpaired) electrons. The summed E-state index contributed by atoms with van der Waals surface area (Å²) >= 11 is 3.51. The number of nitrogens with zero attached hydrogens (tertiary/aromatic N) is 4. The third-order valence-corrected chi connectivity index (χ3v) is 7.97. The molecule has 11 heteroatoms. The van der Waals surface area contributed by atoms with Gasteiger partial charge in [0.1, 0.15) is 0 Å². The highest BCUT2D eigenvalue weighted by atomic mass is 79.9. The fourth-order valence-corrected chi connectivity index (χ4v) is 5.59. The molecular weight excluding hydrogens is 592 g/mol. The van der Waals surface area contributed by atoms with Gasteiger partial charge in [-0.1, -0.05) is 15.9 Å². The summed E-state index contributed by atoms with van der Waals surface area (Å²) in [5, 5.41) is 20.2. The number of ether oxygens (including phenoxy) is 4. The van der Waals surface area contributed by atoms with Gasteiger partial charge < -0.3 is 24.1 Å². The number of aromatic nitrogens is 1. The van der Waals surface area contributed by atoms with E-state index in [0.717, 1.165) is 28.5 Å². The van der Waals surface area contributed by atoms with Gasteiger partial charge in [-0.2, -0.15) is 0 Å². The van der Waals surface area contributed by atoms with Crippen LogP contribution in [0.15, 0.2) is 63.2 Å². The van der Waals surface area contributed by atoms with Gasteiger partial charge >= 0.3 is 0 Å². The smallest absolute Gasteiger partial charge is 0.295 e. The molecule has 1 amide bonds. The van der Waals surface area contributed by atoms with Gasteiger partial charge in [-0.25, -0.2) is 0 Å². The number of hydrogen-bond acceptors (Lipinski definition) is 8. The van der Waals surface area contributed by atoms with Crippen molar-refractivity contribution in [3.05, 3.63) is 69.7 Å². The molecule has 10 nitrogen and oxygen atoms in total. The summed E-state index contributed by atoms with van der Waals surface area (Å²) in [5.41, 5.74) is 3.62. The Bertz CT molecular complexity index is 1650. The van der Waals surface area contributed by atoms with Crippen LogP contribution in [0, 0.1) is 0 Å². The zero-order chi connectivity index (χ0) is 29.3. The van der Waals surface area contributed by atoms with E-state index in [1.54, 1.807) is 37.0 Å². The number of carbonyl (C=O) groups excluding carboxylic acids is 1. The number of benzene rings is 3. The predicted molar refractivity (Wildman–Crippen MR) is 158 cm³/mol. The lowest BCUT2D eigenvalue weighted by molar-refractivity contribution is 0.0994. The normalized spacial score (nSPS) is 15.2. The largest absolute Gasteiger partial charge is 0.493 e. The molecule has 1 aromatic heterocycles. The molecule has 4 aromatic rings. The van der Waals surface area contributed by atoms with E-state index >= 15 is 0 Å². The van der Waals surface area contributed by atoms with Crippen molar-refractivity contribution < 1.29 is 28.8 Å². The molecule has 0 saturated carbocycles. The number of carbonyl (C=O) groups is 1. The number of amides is 1. The number of halogens is 1. The second-order valence-corrected chi connectivity index (χ2v) is 10.5. The number of methoxy groups -OCH3 is 4. The van der Waals surface area contributed by atoms with Gasteiger partial charge in [0.05, 0.1) is 40.6 Å². The number of aromatic hydroxyl groups is 1. The molecule has 5 rings (SSSR count). The first-order valence-corrected chi connectivity index (χ1v) is 13.8. The topological polar surface area (TPSA) is 107 Å². The lowest BCUT2D eigenvalue weighted by Gasteiger charge is -2.36. The summed E-state index contributed by atoms with van der Waals surface area (Å²) in [4.78, 5) is 15.2. The van der Waals surface area contributed by atoms with Crippen molar-refractivity contribution >= 4 is 38.4 Å². The van der Waals surface area contributed by atoms with Crippen LogP contribution < -0.4 is 18.9 Å². The third-order valence-electron chi connectivity index (χ3n) is 7.48. The molecule has 0 spiro atoms. The third kappa shape index (κ3) is 5.34. The summed E-state index contributed by atoms with van der Waals surface area (Å²) in [6.45, 7) is 3.30. The zero-order valence-electron chi connectivity index (χ0n) is 23.5. The Morgan fingerprint density at radius 2 is 1.63 bits per heavy atom. The van der Waals surface area contributed by atoms with Crippen molar-refractivity contribution in [1.29, 1.82) is 0 Å². The van der Waals surface area contributed by atoms with E-state index in [1.165, 1.54) is 19.8 Å². The number of azo groups is 1. The fourth-order valence-electron chi connectivity index (χ4n) is 5.23. The maximum absolute atomic E-state index is 12.9. The quantitative estimate of drug-likeness (QED) is 0.219. The SMILES string of the molecule is COc1ccc(C(=O)N=Nc2c(O)n(CN3CCc4cc(OC)c(OC)cc4[C@@H]3C)c3ccc(Br)cc23)cc1OC. The molecule has 0 aliphatic carbocycles. The van der Waals surface area contributed by atoms with Crippen molar-refractivity contribution in [3.8, 4) is 28.9 Å². The molecule has 1 aliphatic heterocycles. The second-order valence-electron chi connectivity index (χ2n) is 9.62. The van der Waals surface area contributed by atoms with Gasteiger partial charge in [0.25, 0.3) is 5.91 Å². The van der Waals surface area contributed by atoms with Crippen LogP contribution >= 0.6 is 15.9 Å². The van der Waals surface area contributed by atoms with Crippen molar-refractivity contribution in [2.45, 2.75) is 26.1 Å². The minimum atomic E-state index is -0.577. The van der Waals surface area contributed by atoms with E-state index in [1.807, 2.05) is 30.3 Å². The molecule has 0 bridgehead atoms. The Morgan fingerprint density at radius 3 is 2.34 bits per heavy atom. The van der Waals surface area contributed by atoms with Crippen molar-refractivity contribution in [2.75, 3.05) is 35.0 Å². The molecule has 214 valence electrons. The fraction of sp³-hybridized carbons (Fsp3) is 0.300. The van der Waals surface area contributed by atoms with E-state index in [-0.39, 0.29) is 23.2 Å². The maximum atomic E-state index is 12.9. The van der Waals surface area contributed by atoms with Gasteiger partial charge in [-0.05, 0) is 73.0 Å². The molecule has 0 unspecified atom stereocenters. The Labute approximate surface area is 246 Å². The average molecular weight is 624 g/mol. The minimum Gasteiger partial charge on any atom is -0.493 e. The average Bonchev–Trinajstić information content (AvgIpc) is 3.25.